The van der Waals surface area contributed by atoms with Gasteiger partial charge in [-0.05, 0) is 104 Å². The Hall–Kier alpha value is -3.46. The minimum absolute atomic E-state index is 0.00500. The lowest BCUT2D eigenvalue weighted by Gasteiger charge is -2.60. The number of carbonyl (C=O) groups is 3. The minimum Gasteiger partial charge on any atom is -0.449 e. The van der Waals surface area contributed by atoms with Crippen LogP contribution in [0, 0.1) is 45.8 Å². The van der Waals surface area contributed by atoms with Crippen molar-refractivity contribution in [3.05, 3.63) is 52.9 Å². The maximum absolute atomic E-state index is 13.9. The third kappa shape index (κ3) is 5.22. The number of nitrogens with zero attached hydrogens (tertiary/aromatic N) is 3. The van der Waals surface area contributed by atoms with Crippen molar-refractivity contribution < 1.29 is 29.0 Å². The van der Waals surface area contributed by atoms with Crippen LogP contribution in [0.25, 0.3) is 11.8 Å². The zero-order valence-electron chi connectivity index (χ0n) is 27.9. The summed E-state index contributed by atoms with van der Waals surface area (Å²) in [6.07, 6.45) is 9.02. The number of nitrogens with one attached hydrogen (secondary N) is 1. The number of amides is 1. The van der Waals surface area contributed by atoms with E-state index in [1.54, 1.807) is 13.2 Å². The lowest BCUT2D eigenvalue weighted by molar-refractivity contribution is -0.197. The Morgan fingerprint density at radius 3 is 2.77 bits per heavy atom. The van der Waals surface area contributed by atoms with E-state index >= 15 is 0 Å². The monoisotopic (exact) mass is 672 g/mol. The van der Waals surface area contributed by atoms with Gasteiger partial charge in [-0.2, -0.15) is 10.4 Å². The quantitative estimate of drug-likeness (QED) is 0.282. The molecule has 5 aliphatic carbocycles. The van der Waals surface area contributed by atoms with Gasteiger partial charge in [0.25, 0.3) is 5.91 Å². The van der Waals surface area contributed by atoms with Gasteiger partial charge < -0.3 is 19.9 Å². The second-order valence-electron chi connectivity index (χ2n) is 14.8. The number of nitriles is 1. The molecule has 254 valence electrons. The molecule has 1 heterocycles. The number of benzene rings is 1. The predicted molar refractivity (Wildman–Crippen MR) is 180 cm³/mol. The number of esters is 1. The number of aliphatic hydroxyl groups excluding tert-OH is 1. The summed E-state index contributed by atoms with van der Waals surface area (Å²) in [6, 6.07) is 9.51. The number of rotatable bonds is 9. The van der Waals surface area contributed by atoms with Crippen molar-refractivity contribution in [3.63, 3.8) is 0 Å². The molecule has 2 N–H and O–H groups in total. The van der Waals surface area contributed by atoms with Crippen LogP contribution in [0.4, 0.5) is 0 Å². The Morgan fingerprint density at radius 2 is 2.02 bits per heavy atom. The number of allylic oxidation sites excluding steroid dienone is 1. The highest BCUT2D eigenvalue weighted by molar-refractivity contribution is 8.14. The first kappa shape index (κ1) is 33.1. The average molecular weight is 673 g/mol. The van der Waals surface area contributed by atoms with E-state index in [-0.39, 0.29) is 51.8 Å². The summed E-state index contributed by atoms with van der Waals surface area (Å²) >= 11 is 0.944. The zero-order valence-corrected chi connectivity index (χ0v) is 28.7. The molecule has 5 aliphatic rings. The van der Waals surface area contributed by atoms with Gasteiger partial charge >= 0.3 is 5.97 Å². The first-order valence-electron chi connectivity index (χ1n) is 17.2. The number of methoxy groups -OCH3 is 1. The van der Waals surface area contributed by atoms with Crippen LogP contribution < -0.4 is 5.32 Å². The zero-order chi connectivity index (χ0) is 33.8. The summed E-state index contributed by atoms with van der Waals surface area (Å²) in [5.74, 6) is -0.395. The number of fused-ring (bicyclic) bond motifs is 6. The molecular formula is C37H44N4O6S. The molecule has 10 nitrogen and oxygen atoms in total. The third-order valence-electron chi connectivity index (χ3n) is 12.3. The molecule has 2 aromatic rings. The van der Waals surface area contributed by atoms with Crippen molar-refractivity contribution in [3.8, 4) is 11.8 Å². The number of thioether (sulfide) groups is 1. The van der Waals surface area contributed by atoms with Gasteiger partial charge in [0.05, 0.1) is 48.0 Å². The lowest BCUT2D eigenvalue weighted by Crippen LogP contribution is -2.62. The topological polar surface area (TPSA) is 144 Å². The molecule has 0 bridgehead atoms. The highest BCUT2D eigenvalue weighted by atomic mass is 32.2. The summed E-state index contributed by atoms with van der Waals surface area (Å²) in [7, 11) is 1.60. The van der Waals surface area contributed by atoms with Crippen molar-refractivity contribution >= 4 is 34.8 Å². The summed E-state index contributed by atoms with van der Waals surface area (Å²) in [4.78, 5) is 39.8. The molecule has 48 heavy (non-hydrogen) atoms. The summed E-state index contributed by atoms with van der Waals surface area (Å²) < 4.78 is 13.2. The fourth-order valence-electron chi connectivity index (χ4n) is 9.86. The van der Waals surface area contributed by atoms with Crippen LogP contribution in [0.5, 0.6) is 0 Å². The van der Waals surface area contributed by atoms with E-state index in [4.69, 9.17) is 14.6 Å². The van der Waals surface area contributed by atoms with Crippen LogP contribution in [0.2, 0.25) is 0 Å². The van der Waals surface area contributed by atoms with Crippen molar-refractivity contribution in [2.45, 2.75) is 76.9 Å². The maximum Gasteiger partial charge on any atom is 0.309 e. The van der Waals surface area contributed by atoms with Crippen molar-refractivity contribution in [1.82, 2.24) is 15.1 Å². The first-order valence-corrected chi connectivity index (χ1v) is 18.2. The molecule has 0 aliphatic heterocycles. The number of hydrogen-bond acceptors (Lipinski definition) is 9. The smallest absolute Gasteiger partial charge is 0.309 e. The van der Waals surface area contributed by atoms with E-state index in [1.807, 2.05) is 29.1 Å². The highest BCUT2D eigenvalue weighted by Crippen LogP contribution is 2.69. The molecular weight excluding hydrogens is 628 g/mol. The molecule has 11 heteroatoms. The molecule has 0 radical (unpaired) electrons. The minimum atomic E-state index is -1.34. The SMILES string of the molecule is COCCNC(=O)c1cccc(-n2ncc3c2C=C2CC[C@@H]4[C@H]([C@@H](O)C[C@@]5(C)[C@H]4CC[C@]5(OC(=O)C4CC4)C(=O)SCC#N)[C@@]2(C)C3)c1. The van der Waals surface area contributed by atoms with E-state index in [2.05, 4.69) is 31.3 Å². The molecule has 1 aromatic carbocycles. The van der Waals surface area contributed by atoms with Crippen LogP contribution in [0.15, 0.2) is 36.0 Å². The van der Waals surface area contributed by atoms with Gasteiger partial charge in [-0.3, -0.25) is 14.4 Å². The van der Waals surface area contributed by atoms with Crippen molar-refractivity contribution in [2.75, 3.05) is 26.0 Å². The van der Waals surface area contributed by atoms with Gasteiger partial charge in [-0.15, -0.1) is 0 Å². The van der Waals surface area contributed by atoms with Crippen LogP contribution in [0.3, 0.4) is 0 Å². The van der Waals surface area contributed by atoms with Crippen molar-refractivity contribution in [1.29, 1.82) is 5.26 Å². The third-order valence-corrected chi connectivity index (χ3v) is 13.1. The van der Waals surface area contributed by atoms with Gasteiger partial charge in [0.1, 0.15) is 0 Å². The molecule has 7 rings (SSSR count). The standard InChI is InChI=1S/C37H44N4O6S/c1-35-19-24-21-40-41(26-6-4-5-23(17-26)32(43)39-14-15-46-3)29(24)18-25(35)9-10-27-28-11-12-37(34(45)48-16-13-38,47-33(44)22-7-8-22)36(28,2)20-30(42)31(27)35/h4-6,17-18,21-22,27-28,30-31,42H,7-12,14-16,19-20H2,1-3H3,(H,39,43)/t27-,28-,30-,31+,35-,36-,37-/m0/s1. The molecule has 0 saturated heterocycles. The number of aromatic nitrogens is 2. The summed E-state index contributed by atoms with van der Waals surface area (Å²) in [6.45, 7) is 5.20. The van der Waals surface area contributed by atoms with E-state index in [0.29, 0.717) is 31.6 Å². The molecule has 4 fully saturated rings. The molecule has 1 aromatic heterocycles. The van der Waals surface area contributed by atoms with E-state index in [9.17, 15) is 24.8 Å². The maximum atomic E-state index is 13.9. The molecule has 4 saturated carbocycles. The lowest BCUT2D eigenvalue weighted by atomic mass is 9.45. The van der Waals surface area contributed by atoms with Crippen LogP contribution in [-0.4, -0.2) is 69.6 Å². The summed E-state index contributed by atoms with van der Waals surface area (Å²) in [5, 5.41) is 28.8. The second-order valence-corrected chi connectivity index (χ2v) is 15.8. The predicted octanol–water partition coefficient (Wildman–Crippen LogP) is 4.88. The Kier molecular flexibility index (Phi) is 8.58. The Balaban J connectivity index is 1.17. The fraction of sp³-hybridized carbons (Fsp3) is 0.595. The van der Waals surface area contributed by atoms with E-state index in [0.717, 1.165) is 67.2 Å². The highest BCUT2D eigenvalue weighted by Gasteiger charge is 2.71. The second kappa shape index (κ2) is 12.5. The van der Waals surface area contributed by atoms with E-state index < -0.39 is 17.1 Å². The van der Waals surface area contributed by atoms with E-state index in [1.165, 1.54) is 5.57 Å². The van der Waals surface area contributed by atoms with Gasteiger partial charge in [0.15, 0.2) is 5.60 Å². The number of ether oxygens (including phenoxy) is 2. The fourth-order valence-corrected chi connectivity index (χ4v) is 10.7. The molecule has 7 atom stereocenters. The Morgan fingerprint density at radius 1 is 1.21 bits per heavy atom. The summed E-state index contributed by atoms with van der Waals surface area (Å²) in [5.41, 5.74) is 2.39. The van der Waals surface area contributed by atoms with Crippen LogP contribution in [-0.2, 0) is 25.5 Å². The van der Waals surface area contributed by atoms with Gasteiger partial charge in [0, 0.05) is 24.6 Å². The van der Waals surface area contributed by atoms with Crippen molar-refractivity contribution in [2.24, 2.45) is 34.5 Å². The largest absolute Gasteiger partial charge is 0.449 e. The molecule has 0 spiro atoms. The molecule has 0 unspecified atom stereocenters. The number of hydrogen-bond donors (Lipinski definition) is 2. The average Bonchev–Trinajstić information content (AvgIpc) is 3.79. The van der Waals surface area contributed by atoms with Crippen LogP contribution >= 0.6 is 11.8 Å². The first-order chi connectivity index (χ1) is 23.1. The van der Waals surface area contributed by atoms with Gasteiger partial charge in [-0.1, -0.05) is 37.2 Å². The Bertz CT molecular complexity index is 1710. The number of carbonyl (C=O) groups excluding carboxylic acids is 3. The van der Waals surface area contributed by atoms with Gasteiger partial charge in [0.2, 0.25) is 5.12 Å². The Labute approximate surface area is 285 Å². The van der Waals surface area contributed by atoms with Crippen LogP contribution in [0.1, 0.15) is 80.4 Å². The molecule has 1 amide bonds. The van der Waals surface area contributed by atoms with Gasteiger partial charge in [-0.25, -0.2) is 4.68 Å². The number of aliphatic hydroxyl groups is 1. The normalized spacial score (nSPS) is 33.3.